The summed E-state index contributed by atoms with van der Waals surface area (Å²) < 4.78 is 35.1. The molecule has 5 heteroatoms. The lowest BCUT2D eigenvalue weighted by atomic mass is 10.1. The molecule has 0 aliphatic carbocycles. The third-order valence-electron chi connectivity index (χ3n) is 1.56. The first-order valence-electron chi connectivity index (χ1n) is 3.93. The van der Waals surface area contributed by atoms with E-state index in [-0.39, 0.29) is 6.42 Å². The molecule has 0 aliphatic heterocycles. The summed E-state index contributed by atoms with van der Waals surface area (Å²) in [5, 5.41) is 8.53. The first-order chi connectivity index (χ1) is 5.48. The molecule has 0 saturated heterocycles. The Bertz CT molecular complexity index is 116. The van der Waals surface area contributed by atoms with Gasteiger partial charge in [-0.3, -0.25) is 0 Å². The minimum atomic E-state index is -4.47. The highest BCUT2D eigenvalue weighted by Gasteiger charge is 2.37. The van der Waals surface area contributed by atoms with Crippen molar-refractivity contribution >= 4 is 0 Å². The maximum Gasteiger partial charge on any atom is 0.414 e. The van der Waals surface area contributed by atoms with Crippen LogP contribution >= 0.6 is 0 Å². The molecule has 0 rings (SSSR count). The van der Waals surface area contributed by atoms with E-state index in [0.717, 1.165) is 0 Å². The summed E-state index contributed by atoms with van der Waals surface area (Å²) in [5.74, 6) is 0. The first kappa shape index (κ1) is 11.7. The number of hydrogen-bond acceptors (Lipinski definition) is 2. The van der Waals surface area contributed by atoms with Gasteiger partial charge in [-0.15, -0.1) is 0 Å². The molecule has 0 bridgehead atoms. The maximum absolute atomic E-state index is 11.7. The van der Waals surface area contributed by atoms with Gasteiger partial charge in [0.2, 0.25) is 0 Å². The molecule has 0 spiro atoms. The highest BCUT2D eigenvalue weighted by atomic mass is 19.4. The minimum absolute atomic E-state index is 0.219. The molecule has 0 radical (unpaired) electrons. The van der Waals surface area contributed by atoms with E-state index in [2.05, 4.69) is 0 Å². The predicted octanol–water partition coefficient (Wildman–Crippen LogP) is 1.43. The zero-order valence-electron chi connectivity index (χ0n) is 6.77. The Morgan fingerprint density at radius 2 is 1.75 bits per heavy atom. The second-order valence-corrected chi connectivity index (χ2v) is 2.70. The number of aliphatic hydroxyl groups is 1. The van der Waals surface area contributed by atoms with Crippen LogP contribution in [0.15, 0.2) is 0 Å². The van der Waals surface area contributed by atoms with E-state index in [1.165, 1.54) is 0 Å². The van der Waals surface area contributed by atoms with E-state index in [1.54, 1.807) is 0 Å². The molecule has 0 fully saturated rings. The van der Waals surface area contributed by atoms with Crippen LogP contribution in [0.2, 0.25) is 0 Å². The highest BCUT2D eigenvalue weighted by molar-refractivity contribution is 4.64. The van der Waals surface area contributed by atoms with Crippen LogP contribution in [0.4, 0.5) is 13.2 Å². The quantitative estimate of drug-likeness (QED) is 0.636. The van der Waals surface area contributed by atoms with E-state index >= 15 is 0 Å². The van der Waals surface area contributed by atoms with Crippen LogP contribution in [0.1, 0.15) is 25.7 Å². The second-order valence-electron chi connectivity index (χ2n) is 2.70. The van der Waals surface area contributed by atoms with Crippen molar-refractivity contribution in [3.8, 4) is 0 Å². The van der Waals surface area contributed by atoms with Crippen molar-refractivity contribution in [3.63, 3.8) is 0 Å². The zero-order chi connectivity index (χ0) is 9.61. The van der Waals surface area contributed by atoms with Crippen molar-refractivity contribution in [1.82, 2.24) is 0 Å². The second kappa shape index (κ2) is 5.37. The van der Waals surface area contributed by atoms with Gasteiger partial charge in [-0.2, -0.15) is 13.2 Å². The standard InChI is InChI=1S/C7H14F3NO/c8-7(9,10)6(12)4-2-1-3-5-11/h6,12H,1-5,11H2. The molecule has 0 aliphatic rings. The molecule has 1 unspecified atom stereocenters. The summed E-state index contributed by atoms with van der Waals surface area (Å²) in [5.41, 5.74) is 5.15. The number of nitrogens with two attached hydrogens (primary N) is 1. The van der Waals surface area contributed by atoms with Crippen LogP contribution in [0, 0.1) is 0 Å². The topological polar surface area (TPSA) is 46.2 Å². The van der Waals surface area contributed by atoms with Gasteiger partial charge >= 0.3 is 6.18 Å². The summed E-state index contributed by atoms with van der Waals surface area (Å²) in [4.78, 5) is 0. The Balaban J connectivity index is 3.38. The lowest BCUT2D eigenvalue weighted by Crippen LogP contribution is -2.28. The van der Waals surface area contributed by atoms with E-state index in [0.29, 0.717) is 25.8 Å². The number of unbranched alkanes of at least 4 members (excludes halogenated alkanes) is 2. The van der Waals surface area contributed by atoms with E-state index in [1.807, 2.05) is 0 Å². The fraction of sp³-hybridized carbons (Fsp3) is 1.00. The van der Waals surface area contributed by atoms with Crippen molar-refractivity contribution in [2.45, 2.75) is 38.0 Å². The van der Waals surface area contributed by atoms with Gasteiger partial charge in [0.05, 0.1) is 0 Å². The molecule has 0 heterocycles. The lowest BCUT2D eigenvalue weighted by Gasteiger charge is -2.13. The summed E-state index contributed by atoms with van der Waals surface area (Å²) in [6.45, 7) is 0.488. The van der Waals surface area contributed by atoms with E-state index in [4.69, 9.17) is 10.8 Å². The highest BCUT2D eigenvalue weighted by Crippen LogP contribution is 2.23. The number of rotatable bonds is 5. The van der Waals surface area contributed by atoms with Crippen LogP contribution in [0.3, 0.4) is 0 Å². The van der Waals surface area contributed by atoms with Gasteiger partial charge in [0.1, 0.15) is 6.10 Å². The molecule has 3 N–H and O–H groups in total. The SMILES string of the molecule is NCCCCCC(O)C(F)(F)F. The van der Waals surface area contributed by atoms with Crippen LogP contribution in [0.25, 0.3) is 0 Å². The number of halogens is 3. The average molecular weight is 185 g/mol. The molecule has 12 heavy (non-hydrogen) atoms. The van der Waals surface area contributed by atoms with E-state index < -0.39 is 12.3 Å². The summed E-state index contributed by atoms with van der Waals surface area (Å²) in [6.07, 6.45) is -5.13. The van der Waals surface area contributed by atoms with Crippen molar-refractivity contribution in [2.75, 3.05) is 6.54 Å². The van der Waals surface area contributed by atoms with Gasteiger partial charge in [-0.25, -0.2) is 0 Å². The Morgan fingerprint density at radius 3 is 2.17 bits per heavy atom. The van der Waals surface area contributed by atoms with Crippen LogP contribution in [-0.4, -0.2) is 23.9 Å². The molecule has 0 amide bonds. The Hall–Kier alpha value is -0.290. The normalized spacial score (nSPS) is 14.8. The molecular weight excluding hydrogens is 171 g/mol. The third-order valence-corrected chi connectivity index (χ3v) is 1.56. The maximum atomic E-state index is 11.7. The summed E-state index contributed by atoms with van der Waals surface area (Å²) >= 11 is 0. The number of alkyl halides is 3. The van der Waals surface area contributed by atoms with Gasteiger partial charge in [-0.05, 0) is 19.4 Å². The Kier molecular flexibility index (Phi) is 5.24. The molecule has 0 aromatic carbocycles. The fourth-order valence-corrected chi connectivity index (χ4v) is 0.822. The zero-order valence-corrected chi connectivity index (χ0v) is 6.77. The molecule has 2 nitrogen and oxygen atoms in total. The Morgan fingerprint density at radius 1 is 1.17 bits per heavy atom. The molecule has 74 valence electrons. The molecule has 0 aromatic heterocycles. The van der Waals surface area contributed by atoms with Gasteiger partial charge in [0.25, 0.3) is 0 Å². The predicted molar refractivity (Wildman–Crippen MR) is 39.6 cm³/mol. The van der Waals surface area contributed by atoms with Crippen LogP contribution in [-0.2, 0) is 0 Å². The molecular formula is C7H14F3NO. The Labute approximate surface area is 69.6 Å². The number of hydrogen-bond donors (Lipinski definition) is 2. The van der Waals surface area contributed by atoms with Gasteiger partial charge in [-0.1, -0.05) is 12.8 Å². The third kappa shape index (κ3) is 5.37. The van der Waals surface area contributed by atoms with Crippen molar-refractivity contribution in [2.24, 2.45) is 5.73 Å². The van der Waals surface area contributed by atoms with Crippen LogP contribution < -0.4 is 5.73 Å². The summed E-state index contributed by atoms with van der Waals surface area (Å²) in [6, 6.07) is 0. The molecule has 0 aromatic rings. The van der Waals surface area contributed by atoms with Crippen molar-refractivity contribution in [3.05, 3.63) is 0 Å². The smallest absolute Gasteiger partial charge is 0.384 e. The van der Waals surface area contributed by atoms with E-state index in [9.17, 15) is 13.2 Å². The molecule has 1 atom stereocenters. The molecule has 0 saturated carbocycles. The van der Waals surface area contributed by atoms with Crippen molar-refractivity contribution < 1.29 is 18.3 Å². The first-order valence-corrected chi connectivity index (χ1v) is 3.93. The van der Waals surface area contributed by atoms with Gasteiger partial charge in [0.15, 0.2) is 0 Å². The monoisotopic (exact) mass is 185 g/mol. The lowest BCUT2D eigenvalue weighted by molar-refractivity contribution is -0.205. The van der Waals surface area contributed by atoms with Gasteiger partial charge in [0, 0.05) is 0 Å². The fourth-order valence-electron chi connectivity index (χ4n) is 0.822. The van der Waals surface area contributed by atoms with Crippen LogP contribution in [0.5, 0.6) is 0 Å². The van der Waals surface area contributed by atoms with Crippen molar-refractivity contribution in [1.29, 1.82) is 0 Å². The summed E-state index contributed by atoms with van der Waals surface area (Å²) in [7, 11) is 0. The minimum Gasteiger partial charge on any atom is -0.384 e. The largest absolute Gasteiger partial charge is 0.414 e. The van der Waals surface area contributed by atoms with Gasteiger partial charge < -0.3 is 10.8 Å². The average Bonchev–Trinajstić information content (AvgIpc) is 1.96. The number of aliphatic hydroxyl groups excluding tert-OH is 1.